The first-order valence-electron chi connectivity index (χ1n) is 9.41. The summed E-state index contributed by atoms with van der Waals surface area (Å²) in [7, 11) is -3.58. The first-order chi connectivity index (χ1) is 13.1. The van der Waals surface area contributed by atoms with Crippen LogP contribution in [0, 0.1) is 5.82 Å². The molecule has 2 atom stereocenters. The predicted octanol–water partition coefficient (Wildman–Crippen LogP) is 1.72. The van der Waals surface area contributed by atoms with Gasteiger partial charge in [0.05, 0.1) is 23.1 Å². The van der Waals surface area contributed by atoms with Crippen molar-refractivity contribution in [1.29, 1.82) is 0 Å². The predicted molar refractivity (Wildman–Crippen MR) is 105 cm³/mol. The molecule has 2 saturated heterocycles. The Balaban J connectivity index is 1.61. The molecule has 3 rings (SSSR count). The average molecular weight is 415 g/mol. The highest BCUT2D eigenvalue weighted by molar-refractivity contribution is 7.89. The number of rotatable bonds is 3. The second-order valence-electron chi connectivity index (χ2n) is 7.53. The van der Waals surface area contributed by atoms with Crippen LogP contribution in [-0.4, -0.2) is 63.0 Å². The van der Waals surface area contributed by atoms with E-state index < -0.39 is 21.1 Å². The Kier molecular flexibility index (Phi) is 6.11. The third-order valence-corrected chi connectivity index (χ3v) is 6.55. The number of carbonyl (C=O) groups is 1. The van der Waals surface area contributed by atoms with Crippen LogP contribution in [-0.2, 0) is 14.8 Å². The number of benzene rings is 1. The number of carbonyl (C=O) groups excluding carboxylic acids is 1. The molecule has 2 aliphatic heterocycles. The lowest BCUT2D eigenvalue weighted by atomic mass is 10.1. The normalized spacial score (nSPS) is 24.3. The lowest BCUT2D eigenvalue weighted by molar-refractivity contribution is -0.00539. The summed E-state index contributed by atoms with van der Waals surface area (Å²) in [6.07, 6.45) is 0.630. The minimum absolute atomic E-state index is 0.0165. The Labute approximate surface area is 164 Å². The first kappa shape index (κ1) is 20.8. The number of ether oxygens (including phenoxy) is 1. The van der Waals surface area contributed by atoms with E-state index in [0.717, 1.165) is 0 Å². The van der Waals surface area contributed by atoms with Crippen molar-refractivity contribution in [3.63, 3.8) is 0 Å². The number of sulfonamides is 1. The van der Waals surface area contributed by atoms with E-state index in [9.17, 15) is 17.6 Å². The van der Waals surface area contributed by atoms with Crippen LogP contribution in [0.4, 0.5) is 20.6 Å². The van der Waals surface area contributed by atoms with Crippen LogP contribution in [0.2, 0.25) is 0 Å². The zero-order valence-corrected chi connectivity index (χ0v) is 16.9. The van der Waals surface area contributed by atoms with Crippen LogP contribution in [0.1, 0.15) is 26.7 Å². The zero-order chi connectivity index (χ0) is 20.5. The lowest BCUT2D eigenvalue weighted by Crippen LogP contribution is -2.46. The largest absolute Gasteiger partial charge is 0.372 e. The minimum atomic E-state index is -3.58. The van der Waals surface area contributed by atoms with E-state index in [0.29, 0.717) is 37.3 Å². The Bertz CT molecular complexity index is 817. The van der Waals surface area contributed by atoms with Crippen molar-refractivity contribution in [3.05, 3.63) is 24.0 Å². The van der Waals surface area contributed by atoms with Gasteiger partial charge >= 0.3 is 6.03 Å². The molecule has 2 fully saturated rings. The summed E-state index contributed by atoms with van der Waals surface area (Å²) in [6, 6.07) is 4.24. The molecule has 3 N–H and O–H groups in total. The van der Waals surface area contributed by atoms with Gasteiger partial charge < -0.3 is 19.9 Å². The molecule has 0 bridgehead atoms. The van der Waals surface area contributed by atoms with Crippen LogP contribution in [0.5, 0.6) is 0 Å². The molecule has 2 amide bonds. The van der Waals surface area contributed by atoms with Gasteiger partial charge in [-0.05, 0) is 44.9 Å². The fourth-order valence-corrected chi connectivity index (χ4v) is 4.67. The summed E-state index contributed by atoms with van der Waals surface area (Å²) in [5.41, 5.74) is 0.836. The van der Waals surface area contributed by atoms with E-state index in [1.807, 2.05) is 18.7 Å². The van der Waals surface area contributed by atoms with Gasteiger partial charge in [-0.1, -0.05) is 0 Å². The standard InChI is InChI=1S/C18H27FN4O4S/c1-12-10-23(11-13(2)27-12)17-4-3-14(9-16(17)19)21-18(24)22-7-5-15(6-8-22)28(20,25)26/h3-4,9,12-13,15H,5-8,10-11H2,1-2H3,(H,21,24)(H2,20,25,26)/t12-,13-/m1/s1. The molecule has 0 saturated carbocycles. The van der Waals surface area contributed by atoms with Gasteiger partial charge in [0.25, 0.3) is 0 Å². The second kappa shape index (κ2) is 8.22. The molecule has 0 spiro atoms. The third kappa shape index (κ3) is 4.92. The SMILES string of the molecule is C[C@@H]1CN(c2ccc(NC(=O)N3CCC(S(N)(=O)=O)CC3)cc2F)C[C@@H](C)O1. The number of hydrogen-bond acceptors (Lipinski definition) is 5. The molecule has 1 aromatic carbocycles. The lowest BCUT2D eigenvalue weighted by Gasteiger charge is -2.37. The highest BCUT2D eigenvalue weighted by atomic mass is 32.2. The van der Waals surface area contributed by atoms with Gasteiger partial charge in [-0.3, -0.25) is 0 Å². The van der Waals surface area contributed by atoms with Gasteiger partial charge in [0.1, 0.15) is 5.82 Å². The van der Waals surface area contributed by atoms with E-state index in [1.165, 1.54) is 11.0 Å². The fourth-order valence-electron chi connectivity index (χ4n) is 3.81. The van der Waals surface area contributed by atoms with Crippen molar-refractivity contribution in [3.8, 4) is 0 Å². The van der Waals surface area contributed by atoms with Crippen LogP contribution in [0.15, 0.2) is 18.2 Å². The molecule has 28 heavy (non-hydrogen) atoms. The molecule has 10 heteroatoms. The molecule has 0 aliphatic carbocycles. The maximum Gasteiger partial charge on any atom is 0.321 e. The quantitative estimate of drug-likeness (QED) is 0.784. The summed E-state index contributed by atoms with van der Waals surface area (Å²) in [6.45, 7) is 5.69. The maximum atomic E-state index is 14.6. The van der Waals surface area contributed by atoms with Crippen molar-refractivity contribution >= 4 is 27.4 Å². The van der Waals surface area contributed by atoms with E-state index in [4.69, 9.17) is 9.88 Å². The molecule has 2 aliphatic rings. The number of hydrogen-bond donors (Lipinski definition) is 2. The molecule has 2 heterocycles. The van der Waals surface area contributed by atoms with Crippen molar-refractivity contribution < 1.29 is 22.3 Å². The number of urea groups is 1. The number of primary sulfonamides is 1. The van der Waals surface area contributed by atoms with Crippen molar-refractivity contribution in [1.82, 2.24) is 4.90 Å². The van der Waals surface area contributed by atoms with Crippen LogP contribution in [0.3, 0.4) is 0 Å². The Hall–Kier alpha value is -1.91. The summed E-state index contributed by atoms with van der Waals surface area (Å²) in [5.74, 6) is -0.410. The van der Waals surface area contributed by atoms with E-state index in [1.54, 1.807) is 12.1 Å². The summed E-state index contributed by atoms with van der Waals surface area (Å²) in [5, 5.41) is 7.22. The van der Waals surface area contributed by atoms with Crippen LogP contribution >= 0.6 is 0 Å². The second-order valence-corrected chi connectivity index (χ2v) is 9.38. The number of morpholine rings is 1. The van der Waals surface area contributed by atoms with Crippen molar-refractivity contribution in [2.75, 3.05) is 36.4 Å². The van der Waals surface area contributed by atoms with Gasteiger partial charge in [-0.25, -0.2) is 22.7 Å². The number of halogens is 1. The highest BCUT2D eigenvalue weighted by Crippen LogP contribution is 2.26. The minimum Gasteiger partial charge on any atom is -0.372 e. The maximum absolute atomic E-state index is 14.6. The fraction of sp³-hybridized carbons (Fsp3) is 0.611. The topological polar surface area (TPSA) is 105 Å². The van der Waals surface area contributed by atoms with Crippen LogP contribution in [0.25, 0.3) is 0 Å². The molecular formula is C18H27FN4O4S. The number of nitrogens with two attached hydrogens (primary N) is 1. The molecule has 156 valence electrons. The monoisotopic (exact) mass is 414 g/mol. The number of piperidine rings is 1. The average Bonchev–Trinajstić information content (AvgIpc) is 2.60. The Morgan fingerprint density at radius 2 is 1.82 bits per heavy atom. The van der Waals surface area contributed by atoms with Crippen molar-refractivity contribution in [2.45, 2.75) is 44.1 Å². The molecule has 1 aromatic rings. The Morgan fingerprint density at radius 3 is 2.36 bits per heavy atom. The first-order valence-corrected chi connectivity index (χ1v) is 11.0. The van der Waals surface area contributed by atoms with Crippen molar-refractivity contribution in [2.24, 2.45) is 5.14 Å². The van der Waals surface area contributed by atoms with E-state index >= 15 is 0 Å². The summed E-state index contributed by atoms with van der Waals surface area (Å²) in [4.78, 5) is 15.8. The van der Waals surface area contributed by atoms with E-state index in [-0.39, 0.29) is 31.3 Å². The van der Waals surface area contributed by atoms with Gasteiger partial charge in [0, 0.05) is 31.9 Å². The number of nitrogens with zero attached hydrogens (tertiary/aromatic N) is 2. The molecule has 0 aromatic heterocycles. The zero-order valence-electron chi connectivity index (χ0n) is 16.1. The number of likely N-dealkylation sites (tertiary alicyclic amines) is 1. The van der Waals surface area contributed by atoms with Gasteiger partial charge in [-0.15, -0.1) is 0 Å². The van der Waals surface area contributed by atoms with Gasteiger partial charge in [0.15, 0.2) is 0 Å². The number of anilines is 2. The summed E-state index contributed by atoms with van der Waals surface area (Å²) < 4.78 is 43.1. The van der Waals surface area contributed by atoms with E-state index in [2.05, 4.69) is 5.32 Å². The number of nitrogens with one attached hydrogen (secondary N) is 1. The number of amides is 2. The third-order valence-electron chi connectivity index (χ3n) is 5.15. The molecule has 0 unspecified atom stereocenters. The van der Waals surface area contributed by atoms with Gasteiger partial charge in [-0.2, -0.15) is 0 Å². The molecular weight excluding hydrogens is 387 g/mol. The molecule has 8 nitrogen and oxygen atoms in total. The van der Waals surface area contributed by atoms with Gasteiger partial charge in [0.2, 0.25) is 10.0 Å². The van der Waals surface area contributed by atoms with Crippen LogP contribution < -0.4 is 15.4 Å². The highest BCUT2D eigenvalue weighted by Gasteiger charge is 2.29. The Morgan fingerprint density at radius 1 is 1.21 bits per heavy atom. The molecule has 0 radical (unpaired) electrons. The smallest absolute Gasteiger partial charge is 0.321 e. The summed E-state index contributed by atoms with van der Waals surface area (Å²) >= 11 is 0.